The van der Waals surface area contributed by atoms with Crippen LogP contribution in [0.1, 0.15) is 80.1 Å². The first-order valence-electron chi connectivity index (χ1n) is 14.4. The Bertz CT molecular complexity index is 1710. The molecule has 7 rings (SSSR count). The van der Waals surface area contributed by atoms with Crippen molar-refractivity contribution in [1.29, 1.82) is 0 Å². The zero-order valence-corrected chi connectivity index (χ0v) is 24.8. The molecule has 1 aromatic carbocycles. The van der Waals surface area contributed by atoms with Crippen molar-refractivity contribution in [3.63, 3.8) is 0 Å². The lowest BCUT2D eigenvalue weighted by molar-refractivity contribution is 0.488. The fourth-order valence-corrected chi connectivity index (χ4v) is 6.57. The number of rotatable bonds is 0. The molecule has 2 aliphatic carbocycles. The molecule has 0 saturated heterocycles. The summed E-state index contributed by atoms with van der Waals surface area (Å²) >= 11 is 0. The van der Waals surface area contributed by atoms with Crippen molar-refractivity contribution in [2.45, 2.75) is 74.1 Å². The molecule has 3 nitrogen and oxygen atoms in total. The fraction of sp³-hybridized carbons (Fsp3) is 0.389. The van der Waals surface area contributed by atoms with E-state index >= 15 is 0 Å². The lowest BCUT2D eigenvalue weighted by atomic mass is 9.70. The first-order valence-corrected chi connectivity index (χ1v) is 14.4. The van der Waals surface area contributed by atoms with E-state index < -0.39 is 0 Å². The van der Waals surface area contributed by atoms with Crippen LogP contribution in [0.2, 0.25) is 0 Å². The van der Waals surface area contributed by atoms with Crippen LogP contribution in [0.3, 0.4) is 0 Å². The topological polar surface area (TPSA) is 28.5 Å². The number of nitrogens with zero attached hydrogens (tertiary/aromatic N) is 3. The van der Waals surface area contributed by atoms with Crippen molar-refractivity contribution < 1.29 is 0 Å². The van der Waals surface area contributed by atoms with Gasteiger partial charge < -0.3 is 4.90 Å². The van der Waals surface area contributed by atoms with Gasteiger partial charge in [-0.2, -0.15) is 0 Å². The molecule has 4 heterocycles. The molecular formula is C36H39N3. The molecule has 3 aliphatic heterocycles. The summed E-state index contributed by atoms with van der Waals surface area (Å²) in [5, 5.41) is 2.52. The SMILES string of the molecule is CC(C)(C)C1=CC2=C3C(=C4N=C(C(C)(C)C)C=C5C=CC=C(C54)N3c3cccc4cc(C(C)(C)C)nc2c34)C1. The van der Waals surface area contributed by atoms with Gasteiger partial charge in [0.15, 0.2) is 0 Å². The highest BCUT2D eigenvalue weighted by Gasteiger charge is 2.46. The average molecular weight is 514 g/mol. The van der Waals surface area contributed by atoms with Crippen LogP contribution in [-0.4, -0.2) is 10.7 Å². The largest absolute Gasteiger partial charge is 0.311 e. The second-order valence-electron chi connectivity index (χ2n) is 14.8. The third-order valence-corrected chi connectivity index (χ3v) is 8.85. The zero-order chi connectivity index (χ0) is 27.6. The van der Waals surface area contributed by atoms with E-state index in [1.54, 1.807) is 0 Å². The Balaban J connectivity index is 1.64. The molecule has 0 bridgehead atoms. The second-order valence-corrected chi connectivity index (χ2v) is 14.8. The summed E-state index contributed by atoms with van der Waals surface area (Å²) in [7, 11) is 0. The van der Waals surface area contributed by atoms with Crippen LogP contribution in [0, 0.1) is 16.7 Å². The standard InChI is InChI=1S/C36H39N3/c1-34(2,3)22-18-23-31-29-20(16-27(37-31)35(4,5)6)12-10-14-25(29)39-26-15-11-13-21-17-28(36(7,8)9)38-32(30(21)26)24(19-22)33(23)39/h10-18,30H,19H2,1-9H3. The molecule has 0 radical (unpaired) electrons. The third kappa shape index (κ3) is 3.48. The maximum Gasteiger partial charge on any atom is 0.0826 e. The maximum atomic E-state index is 5.48. The highest BCUT2D eigenvalue weighted by Crippen LogP contribution is 2.58. The third-order valence-electron chi connectivity index (χ3n) is 8.85. The Hall–Kier alpha value is -3.46. The molecule has 0 amide bonds. The van der Waals surface area contributed by atoms with Crippen LogP contribution in [0.25, 0.3) is 16.3 Å². The van der Waals surface area contributed by atoms with Gasteiger partial charge in [-0.25, -0.2) is 0 Å². The van der Waals surface area contributed by atoms with Crippen molar-refractivity contribution in [3.8, 4) is 0 Å². The van der Waals surface area contributed by atoms with Crippen molar-refractivity contribution in [3.05, 3.63) is 99.8 Å². The lowest BCUT2D eigenvalue weighted by Crippen LogP contribution is -2.40. The molecule has 1 aromatic heterocycles. The molecule has 1 atom stereocenters. The normalized spacial score (nSPS) is 21.9. The predicted octanol–water partition coefficient (Wildman–Crippen LogP) is 9.20. The number of pyridine rings is 1. The number of anilines is 1. The van der Waals surface area contributed by atoms with E-state index in [-0.39, 0.29) is 22.2 Å². The molecule has 39 heavy (non-hydrogen) atoms. The van der Waals surface area contributed by atoms with Gasteiger partial charge in [-0.05, 0) is 47.1 Å². The van der Waals surface area contributed by atoms with Crippen LogP contribution in [0.4, 0.5) is 5.69 Å². The minimum Gasteiger partial charge on any atom is -0.311 e. The summed E-state index contributed by atoms with van der Waals surface area (Å²) in [6.07, 6.45) is 12.5. The molecule has 0 fully saturated rings. The van der Waals surface area contributed by atoms with Crippen LogP contribution in [0.5, 0.6) is 0 Å². The summed E-state index contributed by atoms with van der Waals surface area (Å²) in [6, 6.07) is 9.06. The number of aliphatic imine (C=N–C) groups is 1. The van der Waals surface area contributed by atoms with E-state index in [0.29, 0.717) is 0 Å². The summed E-state index contributed by atoms with van der Waals surface area (Å²) in [4.78, 5) is 13.5. The Morgan fingerprint density at radius 3 is 2.36 bits per heavy atom. The van der Waals surface area contributed by atoms with Gasteiger partial charge in [-0.15, -0.1) is 0 Å². The lowest BCUT2D eigenvalue weighted by Gasteiger charge is -2.48. The monoisotopic (exact) mass is 513 g/mol. The Morgan fingerprint density at radius 2 is 1.67 bits per heavy atom. The number of fused-ring (bicyclic) bond motifs is 3. The van der Waals surface area contributed by atoms with E-state index in [0.717, 1.165) is 23.5 Å². The molecule has 198 valence electrons. The van der Waals surface area contributed by atoms with Crippen LogP contribution in [-0.2, 0) is 5.41 Å². The summed E-state index contributed by atoms with van der Waals surface area (Å²) in [6.45, 7) is 20.6. The van der Waals surface area contributed by atoms with Crippen LogP contribution in [0.15, 0.2) is 93.4 Å². The number of aromatic nitrogens is 1. The van der Waals surface area contributed by atoms with Gasteiger partial charge >= 0.3 is 0 Å². The van der Waals surface area contributed by atoms with Gasteiger partial charge in [-0.1, -0.05) is 98.2 Å². The summed E-state index contributed by atoms with van der Waals surface area (Å²) in [5.41, 5.74) is 13.9. The van der Waals surface area contributed by atoms with Crippen LogP contribution >= 0.6 is 0 Å². The van der Waals surface area contributed by atoms with Gasteiger partial charge in [0.2, 0.25) is 0 Å². The first-order chi connectivity index (χ1) is 18.2. The Labute approximate surface area is 233 Å². The number of hydrogen-bond donors (Lipinski definition) is 0. The van der Waals surface area contributed by atoms with Crippen molar-refractivity contribution in [2.75, 3.05) is 4.90 Å². The molecule has 5 aliphatic rings. The molecule has 3 heteroatoms. The number of hydrogen-bond acceptors (Lipinski definition) is 3. The Morgan fingerprint density at radius 1 is 0.897 bits per heavy atom. The quantitative estimate of drug-likeness (QED) is 0.351. The van der Waals surface area contributed by atoms with E-state index in [1.165, 1.54) is 55.8 Å². The van der Waals surface area contributed by atoms with Gasteiger partial charge in [0.05, 0.1) is 28.7 Å². The molecule has 2 aromatic rings. The van der Waals surface area contributed by atoms with Crippen molar-refractivity contribution in [1.82, 2.24) is 4.98 Å². The van der Waals surface area contributed by atoms with Gasteiger partial charge in [0.1, 0.15) is 0 Å². The zero-order valence-electron chi connectivity index (χ0n) is 24.8. The maximum absolute atomic E-state index is 5.48. The molecular weight excluding hydrogens is 474 g/mol. The van der Waals surface area contributed by atoms with Gasteiger partial charge in [0.25, 0.3) is 0 Å². The summed E-state index contributed by atoms with van der Waals surface area (Å²) < 4.78 is 0. The van der Waals surface area contributed by atoms with E-state index in [1.807, 2.05) is 0 Å². The van der Waals surface area contributed by atoms with E-state index in [9.17, 15) is 0 Å². The van der Waals surface area contributed by atoms with E-state index in [2.05, 4.69) is 122 Å². The minimum absolute atomic E-state index is 0.0275. The van der Waals surface area contributed by atoms with Crippen molar-refractivity contribution >= 4 is 27.7 Å². The molecule has 0 saturated carbocycles. The average Bonchev–Trinajstić information content (AvgIpc) is 2.85. The second kappa shape index (κ2) is 7.59. The number of benzene rings is 1. The molecule has 0 spiro atoms. The number of allylic oxidation sites excluding steroid dienone is 8. The summed E-state index contributed by atoms with van der Waals surface area (Å²) in [5.74, 6) is 0.152. The molecule has 1 unspecified atom stereocenters. The predicted molar refractivity (Wildman–Crippen MR) is 165 cm³/mol. The highest BCUT2D eigenvalue weighted by molar-refractivity contribution is 6.10. The van der Waals surface area contributed by atoms with Gasteiger partial charge in [0, 0.05) is 44.5 Å². The smallest absolute Gasteiger partial charge is 0.0826 e. The van der Waals surface area contributed by atoms with E-state index in [4.69, 9.17) is 9.98 Å². The van der Waals surface area contributed by atoms with Crippen molar-refractivity contribution in [2.24, 2.45) is 21.7 Å². The minimum atomic E-state index is -0.0427. The number of dihydropyridines is 1. The fourth-order valence-electron chi connectivity index (χ4n) is 6.57. The van der Waals surface area contributed by atoms with Gasteiger partial charge in [-0.3, -0.25) is 9.98 Å². The molecule has 0 N–H and O–H groups in total. The Kier molecular flexibility index (Phi) is 4.78. The van der Waals surface area contributed by atoms with Crippen LogP contribution < -0.4 is 4.90 Å². The highest BCUT2D eigenvalue weighted by atomic mass is 15.2. The first kappa shape index (κ1) is 24.6.